The van der Waals surface area contributed by atoms with Gasteiger partial charge in [0.25, 0.3) is 0 Å². The molecule has 0 bridgehead atoms. The molecule has 0 spiro atoms. The molecule has 15 heavy (non-hydrogen) atoms. The lowest BCUT2D eigenvalue weighted by molar-refractivity contribution is 0.121. The van der Waals surface area contributed by atoms with Gasteiger partial charge in [0, 0.05) is 11.6 Å². The molecule has 1 atom stereocenters. The van der Waals surface area contributed by atoms with Crippen LogP contribution < -0.4 is 5.32 Å². The number of nitrogens with zero attached hydrogens (tertiary/aromatic N) is 1. The standard InChI is InChI=1S/C12H24N2O/c1-12(9-15,10-3-4-10)13-11-5-7-14(2)8-6-11/h10-11,13,15H,3-9H2,1-2H3. The SMILES string of the molecule is CN1CCC(NC(C)(CO)C2CC2)CC1. The quantitative estimate of drug-likeness (QED) is 0.724. The average Bonchev–Trinajstić information content (AvgIpc) is 3.05. The Bertz CT molecular complexity index is 210. The van der Waals surface area contributed by atoms with Crippen molar-refractivity contribution in [1.29, 1.82) is 0 Å². The highest BCUT2D eigenvalue weighted by atomic mass is 16.3. The van der Waals surface area contributed by atoms with Gasteiger partial charge in [-0.15, -0.1) is 0 Å². The first-order valence-electron chi connectivity index (χ1n) is 6.21. The fourth-order valence-corrected chi connectivity index (χ4v) is 2.63. The lowest BCUT2D eigenvalue weighted by atomic mass is 9.93. The van der Waals surface area contributed by atoms with Gasteiger partial charge in [-0.25, -0.2) is 0 Å². The molecular weight excluding hydrogens is 188 g/mol. The van der Waals surface area contributed by atoms with Crippen LogP contribution in [0.2, 0.25) is 0 Å². The third kappa shape index (κ3) is 2.71. The van der Waals surface area contributed by atoms with Gasteiger partial charge in [0.1, 0.15) is 0 Å². The number of aliphatic hydroxyl groups excluding tert-OH is 1. The minimum Gasteiger partial charge on any atom is -0.394 e. The molecule has 1 saturated heterocycles. The molecule has 1 aliphatic heterocycles. The van der Waals surface area contributed by atoms with Crippen LogP contribution in [-0.4, -0.2) is 48.3 Å². The van der Waals surface area contributed by atoms with E-state index >= 15 is 0 Å². The van der Waals surface area contributed by atoms with E-state index in [1.165, 1.54) is 38.8 Å². The highest BCUT2D eigenvalue weighted by Crippen LogP contribution is 2.39. The third-order valence-corrected chi connectivity index (χ3v) is 4.06. The normalized spacial score (nSPS) is 29.0. The summed E-state index contributed by atoms with van der Waals surface area (Å²) in [6.07, 6.45) is 5.02. The Hall–Kier alpha value is -0.120. The topological polar surface area (TPSA) is 35.5 Å². The predicted molar refractivity (Wildman–Crippen MR) is 61.9 cm³/mol. The van der Waals surface area contributed by atoms with Crippen molar-refractivity contribution in [1.82, 2.24) is 10.2 Å². The third-order valence-electron chi connectivity index (χ3n) is 4.06. The average molecular weight is 212 g/mol. The molecule has 3 nitrogen and oxygen atoms in total. The smallest absolute Gasteiger partial charge is 0.0613 e. The van der Waals surface area contributed by atoms with Crippen LogP contribution in [0.3, 0.4) is 0 Å². The molecule has 3 heteroatoms. The number of rotatable bonds is 4. The van der Waals surface area contributed by atoms with Gasteiger partial charge in [-0.1, -0.05) is 0 Å². The molecule has 1 aliphatic carbocycles. The summed E-state index contributed by atoms with van der Waals surface area (Å²) in [6, 6.07) is 0.610. The van der Waals surface area contributed by atoms with Crippen LogP contribution in [-0.2, 0) is 0 Å². The van der Waals surface area contributed by atoms with Gasteiger partial charge in [0.15, 0.2) is 0 Å². The van der Waals surface area contributed by atoms with E-state index in [9.17, 15) is 5.11 Å². The number of nitrogens with one attached hydrogen (secondary N) is 1. The molecule has 0 aromatic carbocycles. The van der Waals surface area contributed by atoms with Gasteiger partial charge in [-0.3, -0.25) is 0 Å². The molecule has 2 aliphatic rings. The number of hydrogen-bond acceptors (Lipinski definition) is 3. The van der Waals surface area contributed by atoms with Gasteiger partial charge in [-0.2, -0.15) is 0 Å². The minimum atomic E-state index is -0.0133. The summed E-state index contributed by atoms with van der Waals surface area (Å²) in [6.45, 7) is 4.83. The Balaban J connectivity index is 1.84. The number of likely N-dealkylation sites (tertiary alicyclic amines) is 1. The van der Waals surface area contributed by atoms with Crippen molar-refractivity contribution >= 4 is 0 Å². The highest BCUT2D eigenvalue weighted by molar-refractivity contribution is 4.99. The van der Waals surface area contributed by atoms with Crippen LogP contribution in [0.15, 0.2) is 0 Å². The summed E-state index contributed by atoms with van der Waals surface area (Å²) in [4.78, 5) is 2.38. The van der Waals surface area contributed by atoms with Gasteiger partial charge in [-0.05, 0) is 58.7 Å². The maximum atomic E-state index is 9.51. The van der Waals surface area contributed by atoms with Crippen molar-refractivity contribution in [3.8, 4) is 0 Å². The Morgan fingerprint density at radius 1 is 1.27 bits per heavy atom. The molecule has 1 unspecified atom stereocenters. The zero-order chi connectivity index (χ0) is 10.9. The van der Waals surface area contributed by atoms with Crippen molar-refractivity contribution < 1.29 is 5.11 Å². The second-order valence-electron chi connectivity index (χ2n) is 5.57. The zero-order valence-corrected chi connectivity index (χ0v) is 10.00. The van der Waals surface area contributed by atoms with E-state index in [4.69, 9.17) is 0 Å². The van der Waals surface area contributed by atoms with Crippen molar-refractivity contribution in [2.75, 3.05) is 26.7 Å². The molecular formula is C12H24N2O. The first-order valence-corrected chi connectivity index (χ1v) is 6.21. The summed E-state index contributed by atoms with van der Waals surface area (Å²) in [5.74, 6) is 0.710. The van der Waals surface area contributed by atoms with Crippen LogP contribution in [0.4, 0.5) is 0 Å². The second kappa shape index (κ2) is 4.40. The minimum absolute atomic E-state index is 0.0133. The van der Waals surface area contributed by atoms with Crippen LogP contribution in [0.25, 0.3) is 0 Å². The number of aliphatic hydroxyl groups is 1. The van der Waals surface area contributed by atoms with Crippen molar-refractivity contribution in [2.45, 2.75) is 44.2 Å². The fourth-order valence-electron chi connectivity index (χ4n) is 2.63. The summed E-state index contributed by atoms with van der Waals surface area (Å²) in [7, 11) is 2.18. The molecule has 0 aromatic heterocycles. The molecule has 88 valence electrons. The molecule has 2 rings (SSSR count). The lowest BCUT2D eigenvalue weighted by Crippen LogP contribution is -2.55. The Labute approximate surface area is 92.8 Å². The largest absolute Gasteiger partial charge is 0.394 e. The van der Waals surface area contributed by atoms with Crippen LogP contribution in [0.5, 0.6) is 0 Å². The van der Waals surface area contributed by atoms with Gasteiger partial charge < -0.3 is 15.3 Å². The highest BCUT2D eigenvalue weighted by Gasteiger charge is 2.42. The van der Waals surface area contributed by atoms with Crippen LogP contribution in [0, 0.1) is 5.92 Å². The maximum absolute atomic E-state index is 9.51. The van der Waals surface area contributed by atoms with Crippen LogP contribution in [0.1, 0.15) is 32.6 Å². The van der Waals surface area contributed by atoms with Gasteiger partial charge in [0.2, 0.25) is 0 Å². The Morgan fingerprint density at radius 2 is 1.87 bits per heavy atom. The van der Waals surface area contributed by atoms with E-state index < -0.39 is 0 Å². The Kier molecular flexibility index (Phi) is 3.33. The molecule has 0 radical (unpaired) electrons. The second-order valence-corrected chi connectivity index (χ2v) is 5.57. The van der Waals surface area contributed by atoms with E-state index in [-0.39, 0.29) is 12.1 Å². The van der Waals surface area contributed by atoms with Crippen LogP contribution >= 0.6 is 0 Å². The van der Waals surface area contributed by atoms with E-state index in [2.05, 4.69) is 24.2 Å². The maximum Gasteiger partial charge on any atom is 0.0613 e. The molecule has 2 N–H and O–H groups in total. The van der Waals surface area contributed by atoms with Gasteiger partial charge >= 0.3 is 0 Å². The molecule has 0 aromatic rings. The summed E-state index contributed by atoms with van der Waals surface area (Å²) in [5.41, 5.74) is -0.0133. The lowest BCUT2D eigenvalue weighted by Gasteiger charge is -2.37. The first kappa shape index (κ1) is 11.4. The van der Waals surface area contributed by atoms with E-state index in [1.54, 1.807) is 0 Å². The summed E-state index contributed by atoms with van der Waals surface area (Å²) < 4.78 is 0. The first-order chi connectivity index (χ1) is 7.14. The fraction of sp³-hybridized carbons (Fsp3) is 1.00. The molecule has 0 amide bonds. The van der Waals surface area contributed by atoms with Crippen molar-refractivity contribution in [3.63, 3.8) is 0 Å². The van der Waals surface area contributed by atoms with E-state index in [1.807, 2.05) is 0 Å². The van der Waals surface area contributed by atoms with E-state index in [0.29, 0.717) is 12.0 Å². The summed E-state index contributed by atoms with van der Waals surface area (Å²) >= 11 is 0. The molecule has 1 heterocycles. The molecule has 2 fully saturated rings. The monoisotopic (exact) mass is 212 g/mol. The van der Waals surface area contributed by atoms with Crippen molar-refractivity contribution in [3.05, 3.63) is 0 Å². The number of piperidine rings is 1. The summed E-state index contributed by atoms with van der Waals surface area (Å²) in [5, 5.41) is 13.2. The predicted octanol–water partition coefficient (Wildman–Crippen LogP) is 0.831. The van der Waals surface area contributed by atoms with E-state index in [0.717, 1.165) is 0 Å². The van der Waals surface area contributed by atoms with Crippen molar-refractivity contribution in [2.24, 2.45) is 5.92 Å². The zero-order valence-electron chi connectivity index (χ0n) is 10.00. The molecule has 1 saturated carbocycles. The number of hydrogen-bond donors (Lipinski definition) is 2. The Morgan fingerprint density at radius 3 is 2.33 bits per heavy atom. The van der Waals surface area contributed by atoms with Gasteiger partial charge in [0.05, 0.1) is 6.61 Å².